The molecule has 1 nitrogen and oxygen atoms in total. The van der Waals surface area contributed by atoms with E-state index in [1.54, 1.807) is 5.56 Å². The third-order valence-corrected chi connectivity index (χ3v) is 11.4. The number of hydrogen-bond donors (Lipinski definition) is 0. The van der Waals surface area contributed by atoms with E-state index >= 15 is 0 Å². The molecule has 0 heterocycles. The summed E-state index contributed by atoms with van der Waals surface area (Å²) in [6.07, 6.45) is 4.99. The summed E-state index contributed by atoms with van der Waals surface area (Å²) in [7, 11) is 0. The van der Waals surface area contributed by atoms with E-state index in [9.17, 15) is 0 Å². The summed E-state index contributed by atoms with van der Waals surface area (Å²) >= 11 is 0. The van der Waals surface area contributed by atoms with E-state index < -0.39 is 0 Å². The van der Waals surface area contributed by atoms with Crippen LogP contribution in [0.25, 0.3) is 44.5 Å². The molecular weight excluding hydrogens is 615 g/mol. The van der Waals surface area contributed by atoms with Crippen molar-refractivity contribution >= 4 is 17.1 Å². The first-order valence-corrected chi connectivity index (χ1v) is 18.5. The first-order valence-electron chi connectivity index (χ1n) is 18.5. The van der Waals surface area contributed by atoms with Gasteiger partial charge in [-0.15, -0.1) is 0 Å². The first-order chi connectivity index (χ1) is 25.0. The summed E-state index contributed by atoms with van der Waals surface area (Å²) in [5.74, 6) is 0. The number of aryl methyl sites for hydroxylation is 2. The molecule has 0 radical (unpaired) electrons. The second kappa shape index (κ2) is 12.6. The summed E-state index contributed by atoms with van der Waals surface area (Å²) < 4.78 is 0. The highest BCUT2D eigenvalue weighted by Gasteiger charge is 2.36. The van der Waals surface area contributed by atoms with Crippen molar-refractivity contribution in [2.45, 2.75) is 51.9 Å². The van der Waals surface area contributed by atoms with Crippen LogP contribution in [0.3, 0.4) is 0 Å². The van der Waals surface area contributed by atoms with Crippen molar-refractivity contribution in [1.82, 2.24) is 0 Å². The minimum atomic E-state index is -0.0771. The minimum Gasteiger partial charge on any atom is -0.310 e. The molecule has 0 unspecified atom stereocenters. The van der Waals surface area contributed by atoms with Crippen LogP contribution < -0.4 is 4.90 Å². The van der Waals surface area contributed by atoms with E-state index in [1.807, 2.05) is 0 Å². The molecule has 1 heteroatoms. The van der Waals surface area contributed by atoms with Crippen LogP contribution in [0.5, 0.6) is 0 Å². The zero-order chi connectivity index (χ0) is 34.5. The maximum absolute atomic E-state index is 2.45. The van der Waals surface area contributed by atoms with Crippen molar-refractivity contribution < 1.29 is 0 Å². The molecule has 0 saturated carbocycles. The van der Waals surface area contributed by atoms with Crippen LogP contribution in [0.1, 0.15) is 54.5 Å². The van der Waals surface area contributed by atoms with Crippen LogP contribution in [0.15, 0.2) is 158 Å². The lowest BCUT2D eigenvalue weighted by atomic mass is 9.82. The third kappa shape index (κ3) is 5.49. The maximum atomic E-state index is 2.45. The van der Waals surface area contributed by atoms with Gasteiger partial charge in [0.2, 0.25) is 0 Å². The van der Waals surface area contributed by atoms with E-state index in [0.29, 0.717) is 0 Å². The Labute approximate surface area is 302 Å². The van der Waals surface area contributed by atoms with Gasteiger partial charge in [0, 0.05) is 22.5 Å². The monoisotopic (exact) mass is 657 g/mol. The molecule has 0 atom stereocenters. The number of hydrogen-bond acceptors (Lipinski definition) is 1. The van der Waals surface area contributed by atoms with Gasteiger partial charge in [-0.2, -0.15) is 0 Å². The van der Waals surface area contributed by atoms with Gasteiger partial charge in [-0.3, -0.25) is 0 Å². The Balaban J connectivity index is 1.10. The van der Waals surface area contributed by atoms with Crippen LogP contribution in [0, 0.1) is 6.92 Å². The average molecular weight is 658 g/mol. The highest BCUT2D eigenvalue weighted by atomic mass is 15.1. The molecule has 7 aromatic carbocycles. The highest BCUT2D eigenvalue weighted by Crippen LogP contribution is 2.51. The van der Waals surface area contributed by atoms with Crippen molar-refractivity contribution in [3.05, 3.63) is 186 Å². The molecule has 0 N–H and O–H groups in total. The number of benzene rings is 7. The Bertz CT molecular complexity index is 2360. The molecule has 0 fully saturated rings. The summed E-state index contributed by atoms with van der Waals surface area (Å²) in [6, 6.07) is 58.6. The predicted molar refractivity (Wildman–Crippen MR) is 216 cm³/mol. The summed E-state index contributed by atoms with van der Waals surface area (Å²) in [5.41, 5.74) is 20.9. The number of anilines is 3. The first kappa shape index (κ1) is 31.3. The van der Waals surface area contributed by atoms with Crippen LogP contribution in [0.4, 0.5) is 17.1 Å². The van der Waals surface area contributed by atoms with Gasteiger partial charge in [-0.05, 0) is 141 Å². The largest absolute Gasteiger partial charge is 0.310 e. The normalized spacial score (nSPS) is 14.0. The van der Waals surface area contributed by atoms with Crippen molar-refractivity contribution in [3.63, 3.8) is 0 Å². The minimum absolute atomic E-state index is 0.0771. The topological polar surface area (TPSA) is 3.24 Å². The fourth-order valence-electron chi connectivity index (χ4n) is 8.64. The number of fused-ring (bicyclic) bond motifs is 4. The van der Waals surface area contributed by atoms with Crippen LogP contribution in [0.2, 0.25) is 0 Å². The van der Waals surface area contributed by atoms with Gasteiger partial charge in [0.15, 0.2) is 0 Å². The van der Waals surface area contributed by atoms with Gasteiger partial charge in [0.05, 0.1) is 0 Å². The quantitative estimate of drug-likeness (QED) is 0.172. The molecule has 0 bridgehead atoms. The molecule has 248 valence electrons. The molecule has 0 spiro atoms. The second-order valence-corrected chi connectivity index (χ2v) is 14.9. The van der Waals surface area contributed by atoms with E-state index in [-0.39, 0.29) is 5.41 Å². The van der Waals surface area contributed by atoms with Crippen molar-refractivity contribution in [3.8, 4) is 44.5 Å². The van der Waals surface area contributed by atoms with Gasteiger partial charge in [0.1, 0.15) is 0 Å². The fourth-order valence-corrected chi connectivity index (χ4v) is 8.64. The molecule has 2 aliphatic rings. The Morgan fingerprint density at radius 3 is 1.69 bits per heavy atom. The fraction of sp³-hybridized carbons (Fsp3) is 0.160. The van der Waals surface area contributed by atoms with E-state index in [2.05, 4.69) is 183 Å². The predicted octanol–water partition coefficient (Wildman–Crippen LogP) is 13.7. The molecule has 2 aliphatic carbocycles. The summed E-state index contributed by atoms with van der Waals surface area (Å²) in [5, 5.41) is 0. The Kier molecular flexibility index (Phi) is 7.73. The van der Waals surface area contributed by atoms with E-state index in [0.717, 1.165) is 11.4 Å². The molecule has 0 amide bonds. The average Bonchev–Trinajstić information content (AvgIpc) is 3.40. The lowest BCUT2D eigenvalue weighted by Gasteiger charge is -2.30. The van der Waals surface area contributed by atoms with Crippen molar-refractivity contribution in [2.24, 2.45) is 0 Å². The Morgan fingerprint density at radius 1 is 0.451 bits per heavy atom. The summed E-state index contributed by atoms with van der Waals surface area (Å²) in [4.78, 5) is 2.44. The van der Waals surface area contributed by atoms with Crippen LogP contribution in [-0.4, -0.2) is 0 Å². The third-order valence-electron chi connectivity index (χ3n) is 11.4. The van der Waals surface area contributed by atoms with Gasteiger partial charge >= 0.3 is 0 Å². The van der Waals surface area contributed by atoms with Crippen molar-refractivity contribution in [1.29, 1.82) is 0 Å². The Hall–Kier alpha value is -5.66. The van der Waals surface area contributed by atoms with Gasteiger partial charge in [-0.25, -0.2) is 0 Å². The molecular formula is C50H43N. The lowest BCUT2D eigenvalue weighted by Crippen LogP contribution is -2.17. The van der Waals surface area contributed by atoms with Gasteiger partial charge in [-0.1, -0.05) is 135 Å². The molecule has 0 aliphatic heterocycles. The standard InChI is InChI=1S/C50H43N/c1-34-32-46-45-17-9-10-19-47(45)50(2,3)48(46)33-49(34)51(41-28-24-37(25-29-41)35-12-5-4-6-13-35)42-30-26-38(27-31-42)36-20-22-40(23-21-36)44-18-11-15-39-14-7-8-16-43(39)44/h4-6,9-13,15,17-33H,7-8,14,16H2,1-3H3. The van der Waals surface area contributed by atoms with Gasteiger partial charge in [0.25, 0.3) is 0 Å². The van der Waals surface area contributed by atoms with Crippen molar-refractivity contribution in [2.75, 3.05) is 4.90 Å². The summed E-state index contributed by atoms with van der Waals surface area (Å²) in [6.45, 7) is 6.99. The molecule has 0 saturated heterocycles. The van der Waals surface area contributed by atoms with Crippen LogP contribution >= 0.6 is 0 Å². The highest BCUT2D eigenvalue weighted by molar-refractivity contribution is 5.88. The Morgan fingerprint density at radius 2 is 1.00 bits per heavy atom. The van der Waals surface area contributed by atoms with E-state index in [1.165, 1.54) is 98.1 Å². The zero-order valence-corrected chi connectivity index (χ0v) is 29.8. The molecule has 51 heavy (non-hydrogen) atoms. The smallest absolute Gasteiger partial charge is 0.0494 e. The second-order valence-electron chi connectivity index (χ2n) is 14.9. The number of nitrogens with zero attached hydrogens (tertiary/aromatic N) is 1. The molecule has 0 aromatic heterocycles. The zero-order valence-electron chi connectivity index (χ0n) is 29.8. The molecule has 9 rings (SSSR count). The maximum Gasteiger partial charge on any atom is 0.0494 e. The number of rotatable bonds is 6. The van der Waals surface area contributed by atoms with E-state index in [4.69, 9.17) is 0 Å². The SMILES string of the molecule is Cc1cc2c(cc1N(c1ccc(-c3ccccc3)cc1)c1ccc(-c3ccc(-c4cccc5c4CCCC5)cc3)cc1)C(C)(C)c1ccccc1-2. The van der Waals surface area contributed by atoms with Crippen LogP contribution in [-0.2, 0) is 18.3 Å². The molecule has 7 aromatic rings. The lowest BCUT2D eigenvalue weighted by molar-refractivity contribution is 0.660. The van der Waals surface area contributed by atoms with Gasteiger partial charge < -0.3 is 4.90 Å².